The van der Waals surface area contributed by atoms with Crippen molar-refractivity contribution in [2.45, 2.75) is 6.42 Å². The lowest BCUT2D eigenvalue weighted by atomic mass is 10.0. The van der Waals surface area contributed by atoms with Crippen LogP contribution in [0.5, 0.6) is 0 Å². The molecule has 15 heavy (non-hydrogen) atoms. The van der Waals surface area contributed by atoms with E-state index < -0.39 is 41.2 Å². The van der Waals surface area contributed by atoms with Crippen LogP contribution < -0.4 is 0 Å². The van der Waals surface area contributed by atoms with Crippen molar-refractivity contribution < 1.29 is 34.8 Å². The zero-order chi connectivity index (χ0) is 12.2. The molecule has 0 radical (unpaired) electrons. The first-order valence-electron chi connectivity index (χ1n) is 3.57. The van der Waals surface area contributed by atoms with Crippen molar-refractivity contribution in [3.8, 4) is 0 Å². The molecule has 82 valence electrons. The molecule has 0 aliphatic rings. The molecule has 0 aromatic heterocycles. The monoisotopic (exact) mass is 216 g/mol. The number of rotatable bonds is 5. The lowest BCUT2D eigenvalue weighted by Gasteiger charge is -2.04. The average molecular weight is 216 g/mol. The van der Waals surface area contributed by atoms with Gasteiger partial charge in [-0.05, 0) is 0 Å². The summed E-state index contributed by atoms with van der Waals surface area (Å²) >= 11 is 0. The van der Waals surface area contributed by atoms with Crippen LogP contribution in [-0.4, -0.2) is 38.3 Å². The molecule has 0 amide bonds. The van der Waals surface area contributed by atoms with Crippen molar-refractivity contribution >= 4 is 17.9 Å². The predicted octanol–water partition coefficient (Wildman–Crippen LogP) is -0.00140. The Balaban J connectivity index is 5.56. The zero-order valence-electron chi connectivity index (χ0n) is 7.43. The van der Waals surface area contributed by atoms with Gasteiger partial charge in [0.2, 0.25) is 0 Å². The molecule has 0 aliphatic carbocycles. The molecule has 0 unspecified atom stereocenters. The highest BCUT2D eigenvalue weighted by atomic mass is 16.4. The third-order valence-corrected chi connectivity index (χ3v) is 1.39. The fraction of sp³-hybridized carbons (Fsp3) is 0.125. The molecule has 0 spiro atoms. The van der Waals surface area contributed by atoms with E-state index in [1.807, 2.05) is 0 Å². The predicted molar refractivity (Wildman–Crippen MR) is 46.3 cm³/mol. The van der Waals surface area contributed by atoms with Gasteiger partial charge in [-0.3, -0.25) is 4.79 Å². The number of hydrogen-bond donors (Lipinski definition) is 4. The van der Waals surface area contributed by atoms with Gasteiger partial charge in [0.25, 0.3) is 0 Å². The van der Waals surface area contributed by atoms with Crippen LogP contribution in [0.3, 0.4) is 0 Å². The smallest absolute Gasteiger partial charge is 0.340 e. The van der Waals surface area contributed by atoms with E-state index in [9.17, 15) is 14.4 Å². The highest BCUT2D eigenvalue weighted by Crippen LogP contribution is 2.15. The summed E-state index contributed by atoms with van der Waals surface area (Å²) in [5.41, 5.74) is -1.94. The van der Waals surface area contributed by atoms with E-state index in [0.717, 1.165) is 0 Å². The Kier molecular flexibility index (Phi) is 4.06. The first-order valence-corrected chi connectivity index (χ1v) is 3.57. The van der Waals surface area contributed by atoms with Gasteiger partial charge in [-0.2, -0.15) is 0 Å². The molecule has 0 saturated heterocycles. The number of aliphatic hydroxyl groups excluding tert-OH is 1. The van der Waals surface area contributed by atoms with Crippen molar-refractivity contribution in [1.82, 2.24) is 0 Å². The average Bonchev–Trinajstić information content (AvgIpc) is 2.00. The molecule has 0 atom stereocenters. The fourth-order valence-electron chi connectivity index (χ4n) is 0.849. The molecule has 7 nitrogen and oxygen atoms in total. The Morgan fingerprint density at radius 2 is 1.40 bits per heavy atom. The summed E-state index contributed by atoms with van der Waals surface area (Å²) in [4.78, 5) is 31.3. The van der Waals surface area contributed by atoms with E-state index in [4.69, 9.17) is 20.4 Å². The number of aliphatic hydroxyl groups is 1. The summed E-state index contributed by atoms with van der Waals surface area (Å²) in [6.07, 6.45) is -1.02. The van der Waals surface area contributed by atoms with Gasteiger partial charge in [0.05, 0.1) is 12.0 Å². The number of carboxylic acid groups (broad SMARTS) is 3. The minimum atomic E-state index is -1.75. The van der Waals surface area contributed by atoms with Crippen LogP contribution in [-0.2, 0) is 14.4 Å². The van der Waals surface area contributed by atoms with Crippen LogP contribution >= 0.6 is 0 Å². The largest absolute Gasteiger partial charge is 0.508 e. The zero-order valence-corrected chi connectivity index (χ0v) is 7.43. The van der Waals surface area contributed by atoms with E-state index in [1.54, 1.807) is 0 Å². The molecular weight excluding hydrogens is 208 g/mol. The Hall–Kier alpha value is -2.31. The first-order chi connectivity index (χ1) is 6.77. The maximum Gasteiger partial charge on any atom is 0.340 e. The van der Waals surface area contributed by atoms with E-state index >= 15 is 0 Å². The van der Waals surface area contributed by atoms with Gasteiger partial charge < -0.3 is 20.4 Å². The molecular formula is C8H8O7. The minimum Gasteiger partial charge on any atom is -0.508 e. The van der Waals surface area contributed by atoms with Gasteiger partial charge in [0.1, 0.15) is 11.3 Å². The Labute approximate surface area is 83.6 Å². The van der Waals surface area contributed by atoms with Crippen LogP contribution in [0.4, 0.5) is 0 Å². The van der Waals surface area contributed by atoms with Crippen molar-refractivity contribution in [3.05, 3.63) is 23.5 Å². The van der Waals surface area contributed by atoms with Crippen molar-refractivity contribution in [1.29, 1.82) is 0 Å². The minimum absolute atomic E-state index is 0.928. The van der Waals surface area contributed by atoms with Gasteiger partial charge >= 0.3 is 17.9 Å². The fourth-order valence-corrected chi connectivity index (χ4v) is 0.849. The summed E-state index contributed by atoms with van der Waals surface area (Å²) in [7, 11) is 0. The van der Waals surface area contributed by atoms with Crippen molar-refractivity contribution in [3.63, 3.8) is 0 Å². The maximum atomic E-state index is 10.5. The molecule has 4 N–H and O–H groups in total. The van der Waals surface area contributed by atoms with Crippen LogP contribution in [0.15, 0.2) is 23.5 Å². The normalized spacial score (nSPS) is 11.5. The highest BCUT2D eigenvalue weighted by molar-refractivity contribution is 6.03. The van der Waals surface area contributed by atoms with Gasteiger partial charge in [0.15, 0.2) is 0 Å². The van der Waals surface area contributed by atoms with E-state index in [-0.39, 0.29) is 0 Å². The Bertz CT molecular complexity index is 347. The second-order valence-electron chi connectivity index (χ2n) is 2.48. The lowest BCUT2D eigenvalue weighted by Crippen LogP contribution is -2.15. The van der Waals surface area contributed by atoms with Crippen LogP contribution in [0.25, 0.3) is 0 Å². The number of carbonyl (C=O) groups is 3. The molecule has 0 rings (SSSR count). The Morgan fingerprint density at radius 1 is 0.933 bits per heavy atom. The number of aliphatic carboxylic acids is 3. The molecule has 0 bridgehead atoms. The topological polar surface area (TPSA) is 132 Å². The summed E-state index contributed by atoms with van der Waals surface area (Å²) in [5.74, 6) is -6.00. The summed E-state index contributed by atoms with van der Waals surface area (Å²) in [6, 6.07) is 0. The molecule has 7 heteroatoms. The van der Waals surface area contributed by atoms with E-state index in [1.165, 1.54) is 0 Å². The van der Waals surface area contributed by atoms with Crippen molar-refractivity contribution in [2.75, 3.05) is 0 Å². The summed E-state index contributed by atoms with van der Waals surface area (Å²) in [5, 5.41) is 34.3. The SMILES string of the molecule is C=C(O)/C(C(=O)O)=C(\CC(=O)O)C(=O)O. The number of carboxylic acids is 3. The summed E-state index contributed by atoms with van der Waals surface area (Å²) < 4.78 is 0. The third-order valence-electron chi connectivity index (χ3n) is 1.39. The molecule has 0 fully saturated rings. The third kappa shape index (κ3) is 3.51. The van der Waals surface area contributed by atoms with E-state index in [2.05, 4.69) is 6.58 Å². The van der Waals surface area contributed by atoms with Crippen LogP contribution in [0, 0.1) is 0 Å². The van der Waals surface area contributed by atoms with Gasteiger partial charge in [-0.25, -0.2) is 9.59 Å². The van der Waals surface area contributed by atoms with Crippen LogP contribution in [0.1, 0.15) is 6.42 Å². The maximum absolute atomic E-state index is 10.5. The quantitative estimate of drug-likeness (QED) is 0.289. The van der Waals surface area contributed by atoms with Gasteiger partial charge in [-0.15, -0.1) is 0 Å². The molecule has 0 aromatic rings. The second kappa shape index (κ2) is 4.80. The number of hydrogen-bond acceptors (Lipinski definition) is 4. The van der Waals surface area contributed by atoms with Crippen molar-refractivity contribution in [2.24, 2.45) is 0 Å². The molecule has 0 aromatic carbocycles. The summed E-state index contributed by atoms with van der Waals surface area (Å²) in [6.45, 7) is 2.85. The first kappa shape index (κ1) is 12.7. The van der Waals surface area contributed by atoms with Crippen LogP contribution in [0.2, 0.25) is 0 Å². The standard InChI is InChI=1S/C8H8O7/c1-3(9)6(8(14)15)4(7(12)13)2-5(10)11/h9H,1-2H2,(H,10,11)(H,12,13)(H,14,15)/b6-4-. The van der Waals surface area contributed by atoms with Gasteiger partial charge in [0, 0.05) is 0 Å². The second-order valence-corrected chi connectivity index (χ2v) is 2.48. The lowest BCUT2D eigenvalue weighted by molar-refractivity contribution is -0.140. The highest BCUT2D eigenvalue weighted by Gasteiger charge is 2.24. The molecule has 0 aliphatic heterocycles. The van der Waals surface area contributed by atoms with E-state index in [0.29, 0.717) is 0 Å². The molecule has 0 heterocycles. The molecule has 0 saturated carbocycles. The van der Waals surface area contributed by atoms with Gasteiger partial charge in [-0.1, -0.05) is 6.58 Å². The Morgan fingerprint density at radius 3 is 1.60 bits per heavy atom.